The van der Waals surface area contributed by atoms with Gasteiger partial charge in [-0.05, 0) is 64.1 Å². The molecular formula is C14H24N2O2. The summed E-state index contributed by atoms with van der Waals surface area (Å²) in [4.78, 5) is 14.8. The van der Waals surface area contributed by atoms with Gasteiger partial charge in [-0.25, -0.2) is 4.79 Å². The Labute approximate surface area is 109 Å². The molecular weight excluding hydrogens is 228 g/mol. The second-order valence-corrected chi connectivity index (χ2v) is 6.07. The first-order valence-corrected chi connectivity index (χ1v) is 7.39. The van der Waals surface area contributed by atoms with Crippen molar-refractivity contribution in [3.8, 4) is 0 Å². The maximum atomic E-state index is 12.4. The smallest absolute Gasteiger partial charge is 0.327 e. The molecule has 1 atom stereocenters. The van der Waals surface area contributed by atoms with Crippen LogP contribution in [-0.2, 0) is 9.53 Å². The number of fused-ring (bicyclic) bond motifs is 3. The van der Waals surface area contributed by atoms with Gasteiger partial charge in [0.05, 0.1) is 6.61 Å². The molecule has 102 valence electrons. The highest BCUT2D eigenvalue weighted by molar-refractivity contribution is 5.82. The van der Waals surface area contributed by atoms with Crippen LogP contribution in [0.5, 0.6) is 0 Å². The molecule has 3 saturated heterocycles. The van der Waals surface area contributed by atoms with Crippen molar-refractivity contribution in [2.75, 3.05) is 32.8 Å². The molecule has 4 heteroatoms. The highest BCUT2D eigenvalue weighted by Crippen LogP contribution is 2.38. The Kier molecular flexibility index (Phi) is 3.32. The van der Waals surface area contributed by atoms with Crippen LogP contribution in [0.4, 0.5) is 0 Å². The number of hydrogen-bond acceptors (Lipinski definition) is 4. The molecule has 0 spiro atoms. The average Bonchev–Trinajstić information content (AvgIpc) is 3.22. The Morgan fingerprint density at radius 2 is 2.06 bits per heavy atom. The Bertz CT molecular complexity index is 322. The normalized spacial score (nSPS) is 38.7. The molecule has 1 unspecified atom stereocenters. The minimum absolute atomic E-state index is 0.0138. The largest absolute Gasteiger partial charge is 0.465 e. The molecule has 0 radical (unpaired) electrons. The van der Waals surface area contributed by atoms with Gasteiger partial charge < -0.3 is 15.0 Å². The van der Waals surface area contributed by atoms with E-state index in [0.717, 1.165) is 44.9 Å². The monoisotopic (exact) mass is 252 g/mol. The van der Waals surface area contributed by atoms with E-state index in [2.05, 4.69) is 10.2 Å². The molecule has 4 rings (SSSR count). The highest BCUT2D eigenvalue weighted by atomic mass is 16.5. The van der Waals surface area contributed by atoms with E-state index in [9.17, 15) is 4.79 Å². The van der Waals surface area contributed by atoms with Gasteiger partial charge in [-0.1, -0.05) is 0 Å². The Hall–Kier alpha value is -0.610. The predicted octanol–water partition coefficient (Wildman–Crippen LogP) is 1.01. The molecule has 1 aliphatic carbocycles. The van der Waals surface area contributed by atoms with Crippen LogP contribution >= 0.6 is 0 Å². The van der Waals surface area contributed by atoms with Crippen LogP contribution in [0.1, 0.15) is 32.6 Å². The summed E-state index contributed by atoms with van der Waals surface area (Å²) in [6.07, 6.45) is 4.91. The lowest BCUT2D eigenvalue weighted by molar-refractivity contribution is -0.160. The molecule has 3 aliphatic heterocycles. The molecule has 1 saturated carbocycles. The van der Waals surface area contributed by atoms with E-state index in [1.807, 2.05) is 6.92 Å². The number of rotatable bonds is 5. The van der Waals surface area contributed by atoms with E-state index in [-0.39, 0.29) is 5.97 Å². The van der Waals surface area contributed by atoms with Crippen molar-refractivity contribution >= 4 is 5.97 Å². The van der Waals surface area contributed by atoms with Crippen molar-refractivity contribution in [2.24, 2.45) is 11.8 Å². The fourth-order valence-corrected chi connectivity index (χ4v) is 3.48. The van der Waals surface area contributed by atoms with Crippen LogP contribution in [0.2, 0.25) is 0 Å². The maximum Gasteiger partial charge on any atom is 0.327 e. The number of nitrogens with one attached hydrogen (secondary N) is 1. The summed E-state index contributed by atoms with van der Waals surface area (Å²) in [6.45, 7) is 6.52. The average molecular weight is 252 g/mol. The van der Waals surface area contributed by atoms with E-state index in [1.165, 1.54) is 12.8 Å². The molecule has 0 aromatic heterocycles. The van der Waals surface area contributed by atoms with Gasteiger partial charge in [0.1, 0.15) is 5.54 Å². The molecule has 4 fully saturated rings. The van der Waals surface area contributed by atoms with E-state index >= 15 is 0 Å². The lowest BCUT2D eigenvalue weighted by Crippen LogP contribution is -2.70. The van der Waals surface area contributed by atoms with Gasteiger partial charge >= 0.3 is 5.97 Å². The third kappa shape index (κ3) is 2.16. The first-order chi connectivity index (χ1) is 8.74. The van der Waals surface area contributed by atoms with Gasteiger partial charge in [0.2, 0.25) is 0 Å². The molecule has 1 N–H and O–H groups in total. The molecule has 4 aliphatic rings. The van der Waals surface area contributed by atoms with Gasteiger partial charge in [0.15, 0.2) is 0 Å². The topological polar surface area (TPSA) is 41.6 Å². The quantitative estimate of drug-likeness (QED) is 0.742. The Morgan fingerprint density at radius 1 is 1.33 bits per heavy atom. The van der Waals surface area contributed by atoms with Gasteiger partial charge in [-0.15, -0.1) is 0 Å². The second-order valence-electron chi connectivity index (χ2n) is 6.07. The predicted molar refractivity (Wildman–Crippen MR) is 69.3 cm³/mol. The first kappa shape index (κ1) is 12.4. The third-order valence-corrected chi connectivity index (χ3v) is 4.80. The summed E-state index contributed by atoms with van der Waals surface area (Å²) < 4.78 is 5.36. The molecule has 0 amide bonds. The van der Waals surface area contributed by atoms with Crippen LogP contribution in [0.3, 0.4) is 0 Å². The fraction of sp³-hybridized carbons (Fsp3) is 0.929. The number of ether oxygens (including phenoxy) is 1. The van der Waals surface area contributed by atoms with Crippen LogP contribution in [0.25, 0.3) is 0 Å². The summed E-state index contributed by atoms with van der Waals surface area (Å²) in [5.41, 5.74) is -0.408. The Balaban J connectivity index is 1.75. The van der Waals surface area contributed by atoms with Crippen LogP contribution in [0.15, 0.2) is 0 Å². The van der Waals surface area contributed by atoms with Crippen molar-refractivity contribution in [3.63, 3.8) is 0 Å². The summed E-state index contributed by atoms with van der Waals surface area (Å²) in [5, 5.41) is 3.60. The second kappa shape index (κ2) is 4.82. The zero-order valence-electron chi connectivity index (χ0n) is 11.3. The Morgan fingerprint density at radius 3 is 2.56 bits per heavy atom. The first-order valence-electron chi connectivity index (χ1n) is 7.39. The van der Waals surface area contributed by atoms with E-state index in [0.29, 0.717) is 12.5 Å². The van der Waals surface area contributed by atoms with E-state index < -0.39 is 5.54 Å². The van der Waals surface area contributed by atoms with Gasteiger partial charge in [0, 0.05) is 6.54 Å². The summed E-state index contributed by atoms with van der Waals surface area (Å²) >= 11 is 0. The number of piperidine rings is 3. The lowest BCUT2D eigenvalue weighted by atomic mass is 9.72. The van der Waals surface area contributed by atoms with Crippen LogP contribution < -0.4 is 5.32 Å². The molecule has 0 aromatic carbocycles. The fourth-order valence-electron chi connectivity index (χ4n) is 3.48. The molecule has 18 heavy (non-hydrogen) atoms. The van der Waals surface area contributed by atoms with Crippen molar-refractivity contribution < 1.29 is 9.53 Å². The van der Waals surface area contributed by atoms with Crippen LogP contribution in [-0.4, -0.2) is 49.2 Å². The summed E-state index contributed by atoms with van der Waals surface area (Å²) in [5.74, 6) is 1.26. The highest BCUT2D eigenvalue weighted by Gasteiger charge is 2.53. The third-order valence-electron chi connectivity index (χ3n) is 4.80. The van der Waals surface area contributed by atoms with Crippen LogP contribution in [0, 0.1) is 11.8 Å². The molecule has 0 aromatic rings. The zero-order valence-corrected chi connectivity index (χ0v) is 11.3. The van der Waals surface area contributed by atoms with Gasteiger partial charge in [-0.3, -0.25) is 0 Å². The van der Waals surface area contributed by atoms with Gasteiger partial charge in [-0.2, -0.15) is 0 Å². The molecule has 2 bridgehead atoms. The van der Waals surface area contributed by atoms with Crippen molar-refractivity contribution in [1.29, 1.82) is 0 Å². The standard InChI is InChI=1S/C14H24N2O2/c1-2-18-13(17)14(15-9-11-3-4-11)10-16-7-5-12(14)6-8-16/h11-12,15H,2-10H2,1H3. The lowest BCUT2D eigenvalue weighted by Gasteiger charge is -2.51. The number of hydrogen-bond donors (Lipinski definition) is 1. The number of carbonyl (C=O) groups is 1. The number of carbonyl (C=O) groups excluding carboxylic acids is 1. The van der Waals surface area contributed by atoms with Crippen molar-refractivity contribution in [1.82, 2.24) is 10.2 Å². The van der Waals surface area contributed by atoms with Crippen molar-refractivity contribution in [3.05, 3.63) is 0 Å². The van der Waals surface area contributed by atoms with E-state index in [4.69, 9.17) is 4.74 Å². The maximum absolute atomic E-state index is 12.4. The number of nitrogens with zero attached hydrogens (tertiary/aromatic N) is 1. The summed E-state index contributed by atoms with van der Waals surface area (Å²) in [6, 6.07) is 0. The zero-order chi connectivity index (χ0) is 12.6. The molecule has 4 nitrogen and oxygen atoms in total. The van der Waals surface area contributed by atoms with E-state index in [1.54, 1.807) is 0 Å². The minimum atomic E-state index is -0.408. The van der Waals surface area contributed by atoms with Crippen molar-refractivity contribution in [2.45, 2.75) is 38.1 Å². The number of esters is 1. The minimum Gasteiger partial charge on any atom is -0.465 e. The van der Waals surface area contributed by atoms with Gasteiger partial charge in [0.25, 0.3) is 0 Å². The molecule has 3 heterocycles. The SMILES string of the molecule is CCOC(=O)C1(NCC2CC2)CN2CCC1CC2. The summed E-state index contributed by atoms with van der Waals surface area (Å²) in [7, 11) is 0.